The number of amides is 2. The molecular weight excluding hydrogens is 543 g/mol. The number of rotatable bonds is 6. The molecule has 0 fully saturated rings. The molecule has 3 aromatic heterocycles. The Hall–Kier alpha value is -4.91. The van der Waals surface area contributed by atoms with Crippen LogP contribution in [0, 0.1) is 12.7 Å². The van der Waals surface area contributed by atoms with E-state index in [0.29, 0.717) is 24.2 Å². The predicted octanol–water partition coefficient (Wildman–Crippen LogP) is 2.92. The summed E-state index contributed by atoms with van der Waals surface area (Å²) in [6.45, 7) is 2.00. The van der Waals surface area contributed by atoms with Crippen LogP contribution in [-0.2, 0) is 13.0 Å². The van der Waals surface area contributed by atoms with Crippen LogP contribution < -0.4 is 16.4 Å². The van der Waals surface area contributed by atoms with Gasteiger partial charge in [0.05, 0.1) is 11.1 Å². The average molecular weight is 563 g/mol. The second-order valence-corrected chi connectivity index (χ2v) is 9.65. The fourth-order valence-electron chi connectivity index (χ4n) is 4.88. The van der Waals surface area contributed by atoms with Crippen molar-refractivity contribution in [3.63, 3.8) is 0 Å². The summed E-state index contributed by atoms with van der Waals surface area (Å²) in [7, 11) is 0. The van der Waals surface area contributed by atoms with E-state index in [4.69, 9.17) is 11.6 Å². The highest BCUT2D eigenvalue weighted by Crippen LogP contribution is 2.37. The molecule has 12 nitrogen and oxygen atoms in total. The molecule has 14 heteroatoms. The van der Waals surface area contributed by atoms with Crippen LogP contribution in [-0.4, -0.2) is 41.5 Å². The second-order valence-electron chi connectivity index (χ2n) is 9.24. The molecule has 202 valence electrons. The number of H-pyrrole nitrogens is 1. The van der Waals surface area contributed by atoms with E-state index >= 15 is 0 Å². The summed E-state index contributed by atoms with van der Waals surface area (Å²) in [5.74, 6) is -1.78. The largest absolute Gasteiger partial charge is 0.439 e. The predicted molar refractivity (Wildman–Crippen MR) is 139 cm³/mol. The van der Waals surface area contributed by atoms with E-state index in [0.717, 1.165) is 22.3 Å². The van der Waals surface area contributed by atoms with Gasteiger partial charge in [0.25, 0.3) is 17.6 Å². The number of aromatic nitrogens is 6. The molecule has 1 atom stereocenters. The zero-order valence-corrected chi connectivity index (χ0v) is 21.6. The molecule has 0 aliphatic heterocycles. The molecule has 0 spiro atoms. The topological polar surface area (TPSA) is 160 Å². The summed E-state index contributed by atoms with van der Waals surface area (Å²) in [5, 5.41) is 13.5. The van der Waals surface area contributed by atoms with Gasteiger partial charge >= 0.3 is 5.76 Å². The maximum atomic E-state index is 13.5. The van der Waals surface area contributed by atoms with Crippen LogP contribution in [0.3, 0.4) is 0 Å². The molecule has 0 bridgehead atoms. The molecule has 3 N–H and O–H groups in total. The number of halogens is 2. The molecule has 1 aliphatic rings. The number of nitrogens with one attached hydrogen (secondary N) is 3. The third kappa shape index (κ3) is 4.60. The Morgan fingerprint density at radius 3 is 2.85 bits per heavy atom. The number of hydrogen-bond acceptors (Lipinski definition) is 8. The quantitative estimate of drug-likeness (QED) is 0.285. The molecule has 2 aromatic carbocycles. The lowest BCUT2D eigenvalue weighted by Gasteiger charge is -2.16. The lowest BCUT2D eigenvalue weighted by atomic mass is 9.97. The first kappa shape index (κ1) is 25.4. The first-order valence-electron chi connectivity index (χ1n) is 12.2. The SMILES string of the molecule is Cc1c(-c2noc(=O)[nH]2)ccc2c1CC[C@@H]2NC(=O)c1cc(C(=O)NCc2ccc(F)c(Cl)c2)nc2ncnn12. The second kappa shape index (κ2) is 10.0. The van der Waals surface area contributed by atoms with Gasteiger partial charge in [0.15, 0.2) is 5.82 Å². The van der Waals surface area contributed by atoms with Crippen molar-refractivity contribution >= 4 is 29.2 Å². The van der Waals surface area contributed by atoms with E-state index in [9.17, 15) is 18.8 Å². The van der Waals surface area contributed by atoms with E-state index < -0.39 is 23.4 Å². The van der Waals surface area contributed by atoms with Crippen molar-refractivity contribution < 1.29 is 18.5 Å². The molecular formula is C26H20ClFN8O4. The minimum atomic E-state index is -0.635. The Balaban J connectivity index is 1.23. The Morgan fingerprint density at radius 1 is 1.23 bits per heavy atom. The normalized spacial score (nSPS) is 14.3. The van der Waals surface area contributed by atoms with Crippen molar-refractivity contribution in [1.82, 2.24) is 40.4 Å². The fraction of sp³-hybridized carbons (Fsp3) is 0.192. The van der Waals surface area contributed by atoms with Crippen molar-refractivity contribution in [2.24, 2.45) is 0 Å². The van der Waals surface area contributed by atoms with Gasteiger partial charge in [-0.25, -0.2) is 14.2 Å². The summed E-state index contributed by atoms with van der Waals surface area (Å²) in [6, 6.07) is 8.90. The van der Waals surface area contributed by atoms with Gasteiger partial charge in [-0.05, 0) is 54.2 Å². The minimum Gasteiger partial charge on any atom is -0.347 e. The zero-order valence-electron chi connectivity index (χ0n) is 20.9. The molecule has 2 amide bonds. The van der Waals surface area contributed by atoms with E-state index in [1.54, 1.807) is 0 Å². The molecule has 40 heavy (non-hydrogen) atoms. The molecule has 0 saturated heterocycles. The standard InChI is InChI=1S/C26H20ClFN8O4/c1-12-14-5-7-19(16(14)4-3-15(12)22-34-26(39)40-35-22)32-24(38)21-9-20(33-25-30-11-31-36(21)25)23(37)29-10-13-2-6-18(28)17(27)8-13/h2-4,6,8-9,11,19H,5,7,10H2,1H3,(H,29,37)(H,32,38)(H,34,35,39)/t19-/m0/s1. The van der Waals surface area contributed by atoms with E-state index in [1.165, 1.54) is 35.1 Å². The maximum Gasteiger partial charge on any atom is 0.439 e. The Morgan fingerprint density at radius 2 is 2.08 bits per heavy atom. The smallest absolute Gasteiger partial charge is 0.347 e. The lowest BCUT2D eigenvalue weighted by Crippen LogP contribution is -2.30. The van der Waals surface area contributed by atoms with Gasteiger partial charge in [0, 0.05) is 18.2 Å². The summed E-state index contributed by atoms with van der Waals surface area (Å²) < 4.78 is 19.3. The Bertz CT molecular complexity index is 1860. The first-order chi connectivity index (χ1) is 19.3. The molecule has 0 saturated carbocycles. The molecule has 3 heterocycles. The number of fused-ring (bicyclic) bond motifs is 2. The summed E-state index contributed by atoms with van der Waals surface area (Å²) in [6.07, 6.45) is 2.60. The molecule has 0 radical (unpaired) electrons. The van der Waals surface area contributed by atoms with Crippen LogP contribution in [0.25, 0.3) is 17.2 Å². The van der Waals surface area contributed by atoms with Crippen LogP contribution in [0.2, 0.25) is 5.02 Å². The van der Waals surface area contributed by atoms with Crippen LogP contribution in [0.1, 0.15) is 55.7 Å². The number of hydrogen-bond donors (Lipinski definition) is 3. The van der Waals surface area contributed by atoms with Crippen molar-refractivity contribution in [1.29, 1.82) is 0 Å². The number of nitrogens with zero attached hydrogens (tertiary/aromatic N) is 5. The van der Waals surface area contributed by atoms with E-state index in [2.05, 4.69) is 40.4 Å². The van der Waals surface area contributed by atoms with Gasteiger partial charge in [-0.3, -0.25) is 19.1 Å². The highest BCUT2D eigenvalue weighted by molar-refractivity contribution is 6.30. The van der Waals surface area contributed by atoms with Crippen molar-refractivity contribution in [3.05, 3.63) is 97.8 Å². The summed E-state index contributed by atoms with van der Waals surface area (Å²) in [5.41, 5.74) is 4.31. The number of carbonyl (C=O) groups is 2. The number of benzene rings is 2. The molecule has 5 aromatic rings. The van der Waals surface area contributed by atoms with Crippen LogP contribution in [0.4, 0.5) is 4.39 Å². The third-order valence-electron chi connectivity index (χ3n) is 6.85. The van der Waals surface area contributed by atoms with Crippen molar-refractivity contribution in [2.45, 2.75) is 32.4 Å². The lowest BCUT2D eigenvalue weighted by molar-refractivity contribution is 0.0929. The molecule has 0 unspecified atom stereocenters. The van der Waals surface area contributed by atoms with Gasteiger partial charge in [-0.15, -0.1) is 0 Å². The first-order valence-corrected chi connectivity index (χ1v) is 12.6. The van der Waals surface area contributed by atoms with Gasteiger partial charge in [0.1, 0.15) is 23.5 Å². The molecule has 1 aliphatic carbocycles. The monoisotopic (exact) mass is 562 g/mol. The zero-order chi connectivity index (χ0) is 28.0. The van der Waals surface area contributed by atoms with Gasteiger partial charge in [-0.2, -0.15) is 14.6 Å². The highest BCUT2D eigenvalue weighted by Gasteiger charge is 2.29. The Kier molecular flexibility index (Phi) is 6.34. The molecule has 6 rings (SSSR count). The maximum absolute atomic E-state index is 13.5. The fourth-order valence-corrected chi connectivity index (χ4v) is 5.08. The van der Waals surface area contributed by atoms with Crippen LogP contribution >= 0.6 is 11.6 Å². The highest BCUT2D eigenvalue weighted by atomic mass is 35.5. The Labute approximate surface area is 229 Å². The van der Waals surface area contributed by atoms with Crippen molar-refractivity contribution in [3.8, 4) is 11.4 Å². The van der Waals surface area contributed by atoms with Gasteiger partial charge < -0.3 is 10.6 Å². The van der Waals surface area contributed by atoms with Crippen molar-refractivity contribution in [2.75, 3.05) is 0 Å². The summed E-state index contributed by atoms with van der Waals surface area (Å²) in [4.78, 5) is 48.6. The number of carbonyl (C=O) groups excluding carboxylic acids is 2. The average Bonchev–Trinajstić information content (AvgIpc) is 3.69. The van der Waals surface area contributed by atoms with E-state index in [1.807, 2.05) is 19.1 Å². The van der Waals surface area contributed by atoms with E-state index in [-0.39, 0.29) is 34.8 Å². The summed E-state index contributed by atoms with van der Waals surface area (Å²) >= 11 is 5.82. The van der Waals surface area contributed by atoms with Crippen LogP contribution in [0.5, 0.6) is 0 Å². The van der Waals surface area contributed by atoms with Crippen LogP contribution in [0.15, 0.2) is 52.0 Å². The van der Waals surface area contributed by atoms with Gasteiger partial charge in [-0.1, -0.05) is 35.0 Å². The van der Waals surface area contributed by atoms with Gasteiger partial charge in [0.2, 0.25) is 0 Å². The number of aromatic amines is 1. The third-order valence-corrected chi connectivity index (χ3v) is 7.14. The minimum absolute atomic E-state index is 0.0345.